The van der Waals surface area contributed by atoms with Crippen LogP contribution in [0.15, 0.2) is 41.3 Å². The minimum atomic E-state index is -0.343. The molecule has 8 heteroatoms. The molecule has 31 heavy (non-hydrogen) atoms. The fourth-order valence-electron chi connectivity index (χ4n) is 2.88. The van der Waals surface area contributed by atoms with Gasteiger partial charge in [0.1, 0.15) is 19.0 Å². The number of thioether (sulfide) groups is 1. The molecule has 1 fully saturated rings. The smallest absolute Gasteiger partial charge is 0.293 e. The topological polar surface area (TPSA) is 65.1 Å². The van der Waals surface area contributed by atoms with E-state index in [0.717, 1.165) is 26.5 Å². The minimum Gasteiger partial charge on any atom is -0.493 e. The predicted molar refractivity (Wildman–Crippen MR) is 129 cm³/mol. The monoisotopic (exact) mass is 549 g/mol. The average molecular weight is 549 g/mol. The Labute approximate surface area is 199 Å². The summed E-state index contributed by atoms with van der Waals surface area (Å²) in [5, 5.41) is -0.320. The Morgan fingerprint density at radius 3 is 2.74 bits per heavy atom. The van der Waals surface area contributed by atoms with Crippen molar-refractivity contribution in [2.75, 3.05) is 26.9 Å². The standard InChI is InChI=1S/C23H20INO5S/c1-4-9-30-21-18(24)12-16(13-19(21)28-3)14-20-22(26)25(23(27)31-20)8-10-29-17-7-5-6-15(2)11-17/h1,5-7,11-14H,8-10H2,2-3H3/b20-14-. The maximum Gasteiger partial charge on any atom is 0.293 e. The van der Waals surface area contributed by atoms with E-state index < -0.39 is 0 Å². The highest BCUT2D eigenvalue weighted by Gasteiger charge is 2.34. The largest absolute Gasteiger partial charge is 0.493 e. The van der Waals surface area contributed by atoms with Crippen molar-refractivity contribution in [2.45, 2.75) is 6.92 Å². The van der Waals surface area contributed by atoms with Crippen molar-refractivity contribution in [3.05, 3.63) is 56.0 Å². The van der Waals surface area contributed by atoms with Gasteiger partial charge in [0.05, 0.1) is 22.1 Å². The summed E-state index contributed by atoms with van der Waals surface area (Å²) in [5.41, 5.74) is 1.79. The summed E-state index contributed by atoms with van der Waals surface area (Å²) in [6, 6.07) is 11.2. The van der Waals surface area contributed by atoms with Gasteiger partial charge in [0.25, 0.3) is 11.1 Å². The number of ether oxygens (including phenoxy) is 3. The zero-order valence-corrected chi connectivity index (χ0v) is 20.0. The molecule has 0 aliphatic carbocycles. The number of aryl methyl sites for hydroxylation is 1. The average Bonchev–Trinajstić information content (AvgIpc) is 3.00. The molecule has 2 aromatic rings. The normalized spacial score (nSPS) is 14.6. The van der Waals surface area contributed by atoms with Gasteiger partial charge in [-0.2, -0.15) is 0 Å². The highest BCUT2D eigenvalue weighted by molar-refractivity contribution is 14.1. The maximum atomic E-state index is 12.7. The number of halogens is 1. The van der Waals surface area contributed by atoms with Gasteiger partial charge in [-0.1, -0.05) is 18.1 Å². The van der Waals surface area contributed by atoms with Crippen molar-refractivity contribution in [3.8, 4) is 29.6 Å². The summed E-state index contributed by atoms with van der Waals surface area (Å²) in [6.07, 6.45) is 6.93. The van der Waals surface area contributed by atoms with Gasteiger partial charge in [-0.25, -0.2) is 0 Å². The van der Waals surface area contributed by atoms with Crippen molar-refractivity contribution in [1.82, 2.24) is 4.90 Å². The number of terminal acetylenes is 1. The molecular formula is C23H20INO5S. The van der Waals surface area contributed by atoms with Gasteiger partial charge in [0, 0.05) is 0 Å². The Balaban J connectivity index is 1.71. The molecule has 160 valence electrons. The minimum absolute atomic E-state index is 0.120. The van der Waals surface area contributed by atoms with Gasteiger partial charge in [-0.15, -0.1) is 6.42 Å². The van der Waals surface area contributed by atoms with E-state index in [1.165, 1.54) is 12.0 Å². The van der Waals surface area contributed by atoms with E-state index in [-0.39, 0.29) is 30.9 Å². The highest BCUT2D eigenvalue weighted by Crippen LogP contribution is 2.37. The molecule has 0 spiro atoms. The maximum absolute atomic E-state index is 12.7. The van der Waals surface area contributed by atoms with Crippen LogP contribution in [0, 0.1) is 22.8 Å². The Hall–Kier alpha value is -2.64. The molecule has 0 saturated carbocycles. The predicted octanol–water partition coefficient (Wildman–Crippen LogP) is 4.74. The Bertz CT molecular complexity index is 1080. The fraction of sp³-hybridized carbons (Fsp3) is 0.217. The van der Waals surface area contributed by atoms with Crippen LogP contribution in [0.4, 0.5) is 4.79 Å². The van der Waals surface area contributed by atoms with Crippen molar-refractivity contribution in [1.29, 1.82) is 0 Å². The lowest BCUT2D eigenvalue weighted by atomic mass is 10.2. The lowest BCUT2D eigenvalue weighted by Gasteiger charge is -2.13. The molecule has 1 heterocycles. The van der Waals surface area contributed by atoms with Gasteiger partial charge in [0.15, 0.2) is 11.5 Å². The first kappa shape index (κ1) is 23.0. The van der Waals surface area contributed by atoms with Crippen molar-refractivity contribution in [2.24, 2.45) is 0 Å². The molecule has 6 nitrogen and oxygen atoms in total. The zero-order chi connectivity index (χ0) is 22.4. The number of carbonyl (C=O) groups excluding carboxylic acids is 2. The number of benzene rings is 2. The molecule has 1 aliphatic rings. The molecule has 0 bridgehead atoms. The molecule has 0 unspecified atom stereocenters. The van der Waals surface area contributed by atoms with E-state index in [2.05, 4.69) is 28.5 Å². The number of amides is 2. The van der Waals surface area contributed by atoms with Gasteiger partial charge in [0.2, 0.25) is 0 Å². The number of rotatable bonds is 8. The first-order valence-corrected chi connectivity index (χ1v) is 11.2. The quantitative estimate of drug-likeness (QED) is 0.270. The second kappa shape index (κ2) is 10.6. The summed E-state index contributed by atoms with van der Waals surface area (Å²) in [6.45, 7) is 2.49. The van der Waals surface area contributed by atoms with Gasteiger partial charge in [-0.3, -0.25) is 14.5 Å². The summed E-state index contributed by atoms with van der Waals surface area (Å²) >= 11 is 3.02. The van der Waals surface area contributed by atoms with Gasteiger partial charge >= 0.3 is 0 Å². The number of hydrogen-bond acceptors (Lipinski definition) is 6. The third kappa shape index (κ3) is 5.74. The molecule has 1 aliphatic heterocycles. The Kier molecular flexibility index (Phi) is 7.87. The number of imide groups is 1. The van der Waals surface area contributed by atoms with Crippen LogP contribution in [0.25, 0.3) is 6.08 Å². The third-order valence-corrected chi connectivity index (χ3v) is 6.00. The van der Waals surface area contributed by atoms with E-state index in [9.17, 15) is 9.59 Å². The molecule has 0 radical (unpaired) electrons. The number of methoxy groups -OCH3 is 1. The molecule has 1 saturated heterocycles. The van der Waals surface area contributed by atoms with Crippen LogP contribution in [0.2, 0.25) is 0 Å². The van der Waals surface area contributed by atoms with Gasteiger partial charge < -0.3 is 14.2 Å². The van der Waals surface area contributed by atoms with E-state index in [1.54, 1.807) is 12.1 Å². The van der Waals surface area contributed by atoms with E-state index in [4.69, 9.17) is 20.6 Å². The number of hydrogen-bond donors (Lipinski definition) is 0. The summed E-state index contributed by atoms with van der Waals surface area (Å²) < 4.78 is 17.4. The second-order valence-corrected chi connectivity index (χ2v) is 8.68. The second-order valence-electron chi connectivity index (χ2n) is 6.53. The first-order valence-electron chi connectivity index (χ1n) is 9.31. The van der Waals surface area contributed by atoms with Crippen molar-refractivity contribution in [3.63, 3.8) is 0 Å². The molecule has 2 amide bonds. The fourth-order valence-corrected chi connectivity index (χ4v) is 4.53. The summed E-state index contributed by atoms with van der Waals surface area (Å²) in [4.78, 5) is 26.6. The number of nitrogens with zero attached hydrogens (tertiary/aromatic N) is 1. The third-order valence-electron chi connectivity index (χ3n) is 4.30. The zero-order valence-electron chi connectivity index (χ0n) is 17.0. The molecule has 2 aromatic carbocycles. The van der Waals surface area contributed by atoms with Crippen molar-refractivity contribution < 1.29 is 23.8 Å². The molecule has 0 aromatic heterocycles. The van der Waals surface area contributed by atoms with Crippen LogP contribution in [-0.2, 0) is 4.79 Å². The van der Waals surface area contributed by atoms with E-state index in [1.807, 2.05) is 37.3 Å². The lowest BCUT2D eigenvalue weighted by molar-refractivity contribution is -0.123. The van der Waals surface area contributed by atoms with Crippen LogP contribution in [0.5, 0.6) is 17.2 Å². The number of carbonyl (C=O) groups is 2. The molecule has 0 atom stereocenters. The Morgan fingerprint density at radius 1 is 1.23 bits per heavy atom. The lowest BCUT2D eigenvalue weighted by Crippen LogP contribution is -2.32. The van der Waals surface area contributed by atoms with Crippen LogP contribution < -0.4 is 14.2 Å². The molecule has 0 N–H and O–H groups in total. The summed E-state index contributed by atoms with van der Waals surface area (Å²) in [7, 11) is 1.53. The SMILES string of the molecule is C#CCOc1c(I)cc(/C=C2\SC(=O)N(CCOc3cccc(C)c3)C2=O)cc1OC. The van der Waals surface area contributed by atoms with Crippen molar-refractivity contribution >= 4 is 51.6 Å². The van der Waals surface area contributed by atoms with E-state index in [0.29, 0.717) is 22.2 Å². The van der Waals surface area contributed by atoms with Crippen LogP contribution in [0.3, 0.4) is 0 Å². The van der Waals surface area contributed by atoms with E-state index >= 15 is 0 Å². The van der Waals surface area contributed by atoms with Gasteiger partial charge in [-0.05, 0) is 82.7 Å². The first-order chi connectivity index (χ1) is 14.9. The van der Waals surface area contributed by atoms with Crippen LogP contribution >= 0.6 is 34.4 Å². The van der Waals surface area contributed by atoms with Crippen LogP contribution in [0.1, 0.15) is 11.1 Å². The summed E-state index contributed by atoms with van der Waals surface area (Å²) in [5.74, 6) is 3.82. The molecular weight excluding hydrogens is 529 g/mol. The Morgan fingerprint density at radius 2 is 2.03 bits per heavy atom. The van der Waals surface area contributed by atoms with Crippen LogP contribution in [-0.4, -0.2) is 42.9 Å². The highest BCUT2D eigenvalue weighted by atomic mass is 127. The molecule has 3 rings (SSSR count).